The van der Waals surface area contributed by atoms with Crippen molar-refractivity contribution >= 4 is 43.0 Å². The molecular formula is C18H22N4O6S2. The van der Waals surface area contributed by atoms with E-state index in [9.17, 15) is 25.9 Å². The number of nitrogens with two attached hydrogens (primary N) is 2. The van der Waals surface area contributed by atoms with Gasteiger partial charge in [0.1, 0.15) is 31.6 Å². The van der Waals surface area contributed by atoms with Crippen molar-refractivity contribution in [2.24, 2.45) is 0 Å². The van der Waals surface area contributed by atoms with Gasteiger partial charge in [-0.05, 0) is 24.3 Å². The van der Waals surface area contributed by atoms with Gasteiger partial charge in [0.05, 0.1) is 9.79 Å². The predicted octanol–water partition coefficient (Wildman–Crippen LogP) is -0.221. The summed E-state index contributed by atoms with van der Waals surface area (Å²) in [7, 11) is -8.82. The Morgan fingerprint density at radius 1 is 0.567 bits per heavy atom. The van der Waals surface area contributed by atoms with Crippen LogP contribution in [0, 0.1) is 0 Å². The SMILES string of the molecule is Nc1ccccc1S(=O)(=O)[O-].Nc1ccccc1S(=O)(=O)[O-].[NH3+]c1ccc([NH3+])cc1. The maximum absolute atomic E-state index is 10.4. The van der Waals surface area contributed by atoms with Crippen LogP contribution in [0.3, 0.4) is 0 Å². The highest BCUT2D eigenvalue weighted by molar-refractivity contribution is 7.86. The van der Waals surface area contributed by atoms with Gasteiger partial charge in [-0.25, -0.2) is 16.8 Å². The fourth-order valence-corrected chi connectivity index (χ4v) is 3.16. The molecule has 3 rings (SSSR count). The third-order valence-corrected chi connectivity index (χ3v) is 5.22. The van der Waals surface area contributed by atoms with Gasteiger partial charge in [-0.1, -0.05) is 24.3 Å². The van der Waals surface area contributed by atoms with Crippen molar-refractivity contribution < 1.29 is 37.4 Å². The van der Waals surface area contributed by atoms with Gasteiger partial charge in [-0.3, -0.25) is 0 Å². The van der Waals surface area contributed by atoms with E-state index in [1.54, 1.807) is 12.1 Å². The lowest BCUT2D eigenvalue weighted by atomic mass is 10.3. The molecule has 3 aromatic carbocycles. The Bertz CT molecular complexity index is 1090. The maximum atomic E-state index is 10.4. The average Bonchev–Trinajstić information content (AvgIpc) is 2.64. The predicted molar refractivity (Wildman–Crippen MR) is 109 cm³/mol. The number of para-hydroxylation sites is 2. The molecule has 12 heteroatoms. The average molecular weight is 455 g/mol. The molecule has 0 radical (unpaired) electrons. The molecule has 0 spiro atoms. The highest BCUT2D eigenvalue weighted by Gasteiger charge is 2.04. The molecule has 0 aromatic heterocycles. The van der Waals surface area contributed by atoms with Crippen molar-refractivity contribution in [3.8, 4) is 0 Å². The van der Waals surface area contributed by atoms with Gasteiger partial charge in [0.25, 0.3) is 0 Å². The smallest absolute Gasteiger partial charge is 0.128 e. The molecule has 0 unspecified atom stereocenters. The molecule has 10 N–H and O–H groups in total. The van der Waals surface area contributed by atoms with E-state index in [0.717, 1.165) is 11.4 Å². The molecule has 0 atom stereocenters. The minimum atomic E-state index is -4.41. The van der Waals surface area contributed by atoms with Crippen molar-refractivity contribution in [1.82, 2.24) is 0 Å². The zero-order valence-corrected chi connectivity index (χ0v) is 17.4. The Balaban J connectivity index is 0.000000228. The molecule has 10 nitrogen and oxygen atoms in total. The Morgan fingerprint density at radius 3 is 1.03 bits per heavy atom. The number of rotatable bonds is 2. The summed E-state index contributed by atoms with van der Waals surface area (Å²) in [5.74, 6) is 0. The molecule has 3 aromatic rings. The molecule has 162 valence electrons. The van der Waals surface area contributed by atoms with Gasteiger partial charge in [0.2, 0.25) is 0 Å². The highest BCUT2D eigenvalue weighted by atomic mass is 32.2. The quantitative estimate of drug-likeness (QED) is 0.298. The summed E-state index contributed by atoms with van der Waals surface area (Å²) in [5, 5.41) is 0. The van der Waals surface area contributed by atoms with Gasteiger partial charge in [0, 0.05) is 35.6 Å². The second-order valence-corrected chi connectivity index (χ2v) is 8.50. The van der Waals surface area contributed by atoms with Crippen LogP contribution in [0.2, 0.25) is 0 Å². The van der Waals surface area contributed by atoms with E-state index < -0.39 is 20.2 Å². The fraction of sp³-hybridized carbons (Fsp3) is 0. The summed E-state index contributed by atoms with van der Waals surface area (Å²) in [6.07, 6.45) is 0. The number of hydrogen-bond donors (Lipinski definition) is 4. The van der Waals surface area contributed by atoms with E-state index in [1.807, 2.05) is 24.3 Å². The van der Waals surface area contributed by atoms with Crippen molar-refractivity contribution in [3.63, 3.8) is 0 Å². The second kappa shape index (κ2) is 10.7. The Morgan fingerprint density at radius 2 is 0.833 bits per heavy atom. The molecule has 0 aliphatic rings. The second-order valence-electron chi connectivity index (χ2n) is 5.80. The van der Waals surface area contributed by atoms with Gasteiger partial charge >= 0.3 is 0 Å². The van der Waals surface area contributed by atoms with Crippen LogP contribution in [0.1, 0.15) is 0 Å². The summed E-state index contributed by atoms with van der Waals surface area (Å²) >= 11 is 0. The van der Waals surface area contributed by atoms with E-state index in [0.29, 0.717) is 0 Å². The lowest BCUT2D eigenvalue weighted by Gasteiger charge is -2.08. The van der Waals surface area contributed by atoms with Gasteiger partial charge in [-0.2, -0.15) is 0 Å². The Hall–Kier alpha value is -3.00. The van der Waals surface area contributed by atoms with E-state index in [1.165, 1.54) is 36.4 Å². The van der Waals surface area contributed by atoms with Crippen LogP contribution in [0.5, 0.6) is 0 Å². The minimum absolute atomic E-state index is 0.0116. The lowest BCUT2D eigenvalue weighted by Crippen LogP contribution is -2.42. The number of hydrogen-bond acceptors (Lipinski definition) is 8. The maximum Gasteiger partial charge on any atom is 0.128 e. The Kier molecular flexibility index (Phi) is 8.92. The standard InChI is InChI=1S/C6H8N2.2C6H7NO3S/c7-5-1-2-6(8)4-3-5;2*7-5-3-1-2-4-6(5)11(8,9)10/h1-4H,7-8H2;2*1-4H,7H2,(H,8,9,10). The van der Waals surface area contributed by atoms with Crippen LogP contribution >= 0.6 is 0 Å². The van der Waals surface area contributed by atoms with Crippen molar-refractivity contribution in [2.45, 2.75) is 9.79 Å². The third kappa shape index (κ3) is 8.57. The molecule has 0 aliphatic heterocycles. The summed E-state index contributed by atoms with van der Waals surface area (Å²) in [5.41, 5.74) is 20.0. The van der Waals surface area contributed by atoms with E-state index >= 15 is 0 Å². The molecule has 0 bridgehead atoms. The topological polar surface area (TPSA) is 222 Å². The summed E-state index contributed by atoms with van der Waals surface area (Å²) in [4.78, 5) is -0.722. The summed E-state index contributed by atoms with van der Waals surface area (Å²) in [6.45, 7) is 0. The first-order valence-corrected chi connectivity index (χ1v) is 11.0. The Labute approximate surface area is 174 Å². The van der Waals surface area contributed by atoms with Gasteiger partial charge < -0.3 is 32.0 Å². The van der Waals surface area contributed by atoms with Crippen LogP contribution < -0.4 is 22.9 Å². The first-order valence-electron chi connectivity index (χ1n) is 8.17. The third-order valence-electron chi connectivity index (χ3n) is 3.40. The van der Waals surface area contributed by atoms with E-state index in [4.69, 9.17) is 11.5 Å². The van der Waals surface area contributed by atoms with Gasteiger partial charge in [0.15, 0.2) is 0 Å². The zero-order chi connectivity index (χ0) is 22.9. The van der Waals surface area contributed by atoms with Crippen LogP contribution in [-0.4, -0.2) is 25.9 Å². The number of nitrogen functional groups attached to an aromatic ring is 2. The van der Waals surface area contributed by atoms with Crippen LogP contribution in [0.4, 0.5) is 22.7 Å². The normalized spacial score (nSPS) is 10.8. The summed E-state index contributed by atoms with van der Waals surface area (Å²) < 4.78 is 62.5. The zero-order valence-electron chi connectivity index (χ0n) is 15.8. The fourth-order valence-electron chi connectivity index (χ4n) is 1.96. The monoisotopic (exact) mass is 454 g/mol. The van der Waals surface area contributed by atoms with Crippen LogP contribution in [0.15, 0.2) is 82.6 Å². The van der Waals surface area contributed by atoms with E-state index in [-0.39, 0.29) is 21.2 Å². The molecule has 0 saturated carbocycles. The van der Waals surface area contributed by atoms with Crippen molar-refractivity contribution in [1.29, 1.82) is 0 Å². The number of anilines is 2. The largest absolute Gasteiger partial charge is 0.744 e. The van der Waals surface area contributed by atoms with Crippen molar-refractivity contribution in [3.05, 3.63) is 72.8 Å². The molecule has 0 aliphatic carbocycles. The van der Waals surface area contributed by atoms with Gasteiger partial charge in [-0.15, -0.1) is 0 Å². The molecular weight excluding hydrogens is 432 g/mol. The first-order chi connectivity index (χ1) is 13.8. The molecule has 0 saturated heterocycles. The van der Waals surface area contributed by atoms with Crippen LogP contribution in [-0.2, 0) is 20.2 Å². The highest BCUT2D eigenvalue weighted by Crippen LogP contribution is 2.16. The first kappa shape index (κ1) is 25.0. The molecule has 0 fully saturated rings. The minimum Gasteiger partial charge on any atom is -0.744 e. The molecule has 0 amide bonds. The number of benzene rings is 3. The lowest BCUT2D eigenvalue weighted by molar-refractivity contribution is -0.260. The van der Waals surface area contributed by atoms with Crippen LogP contribution in [0.25, 0.3) is 0 Å². The summed E-state index contributed by atoms with van der Waals surface area (Å²) in [6, 6.07) is 18.9. The van der Waals surface area contributed by atoms with Crippen molar-refractivity contribution in [2.75, 3.05) is 11.5 Å². The number of quaternary nitrogens is 2. The molecule has 30 heavy (non-hydrogen) atoms. The molecule has 0 heterocycles. The van der Waals surface area contributed by atoms with E-state index in [2.05, 4.69) is 11.5 Å².